The summed E-state index contributed by atoms with van der Waals surface area (Å²) in [6, 6.07) is 10.5. The first-order chi connectivity index (χ1) is 8.77. The van der Waals surface area contributed by atoms with Crippen LogP contribution in [0.4, 0.5) is 0 Å². The quantitative estimate of drug-likeness (QED) is 0.791. The minimum atomic E-state index is 0.481. The van der Waals surface area contributed by atoms with Crippen LogP contribution in [0.2, 0.25) is 0 Å². The Labute approximate surface area is 109 Å². The maximum atomic E-state index is 4.39. The number of benzene rings is 1. The van der Waals surface area contributed by atoms with E-state index >= 15 is 0 Å². The van der Waals surface area contributed by atoms with Crippen molar-refractivity contribution < 1.29 is 0 Å². The Hall–Kier alpha value is -1.61. The number of aromatic nitrogens is 2. The highest BCUT2D eigenvalue weighted by molar-refractivity contribution is 5.14. The smallest absolute Gasteiger partial charge is 0.111 e. The van der Waals surface area contributed by atoms with Crippen molar-refractivity contribution in [3.8, 4) is 0 Å². The van der Waals surface area contributed by atoms with Crippen molar-refractivity contribution in [1.29, 1.82) is 0 Å². The van der Waals surface area contributed by atoms with E-state index in [4.69, 9.17) is 0 Å². The number of nitrogens with zero attached hydrogens (tertiary/aromatic N) is 2. The molecular weight excluding hydrogens is 222 g/mol. The lowest BCUT2D eigenvalue weighted by Crippen LogP contribution is -2.20. The Morgan fingerprint density at radius 2 is 2.00 bits per heavy atom. The zero-order valence-corrected chi connectivity index (χ0v) is 11.1. The maximum Gasteiger partial charge on any atom is 0.111 e. The fraction of sp³-hybridized carbons (Fsp3) is 0.400. The Morgan fingerprint density at radius 1 is 1.22 bits per heavy atom. The van der Waals surface area contributed by atoms with Gasteiger partial charge in [0.05, 0.1) is 0 Å². The zero-order valence-electron chi connectivity index (χ0n) is 11.1. The molecule has 96 valence electrons. The molecule has 2 aromatic rings. The normalized spacial score (nSPS) is 11.1. The molecule has 1 heterocycles. The molecule has 18 heavy (non-hydrogen) atoms. The summed E-state index contributed by atoms with van der Waals surface area (Å²) in [5.74, 6) is 1.64. The van der Waals surface area contributed by atoms with Crippen LogP contribution in [-0.4, -0.2) is 16.1 Å². The number of hydrogen-bond donors (Lipinski definition) is 1. The lowest BCUT2D eigenvalue weighted by molar-refractivity contribution is 0.565. The van der Waals surface area contributed by atoms with Crippen LogP contribution in [0.15, 0.2) is 42.7 Å². The van der Waals surface area contributed by atoms with E-state index in [2.05, 4.69) is 59.2 Å². The van der Waals surface area contributed by atoms with Crippen molar-refractivity contribution >= 4 is 0 Å². The summed E-state index contributed by atoms with van der Waals surface area (Å²) in [7, 11) is 0. The largest absolute Gasteiger partial charge is 0.333 e. The summed E-state index contributed by atoms with van der Waals surface area (Å²) in [6.07, 6.45) is 3.94. The molecular formula is C15H21N3. The molecule has 0 fully saturated rings. The predicted octanol–water partition coefficient (Wildman–Crippen LogP) is 2.80. The third-order valence-corrected chi connectivity index (χ3v) is 2.97. The van der Waals surface area contributed by atoms with Crippen molar-refractivity contribution in [3.63, 3.8) is 0 Å². The van der Waals surface area contributed by atoms with Crippen LogP contribution >= 0.6 is 0 Å². The second-order valence-electron chi connectivity index (χ2n) is 4.80. The van der Waals surface area contributed by atoms with E-state index in [1.165, 1.54) is 5.56 Å². The molecule has 0 aliphatic rings. The lowest BCUT2D eigenvalue weighted by Gasteiger charge is -2.11. The maximum absolute atomic E-state index is 4.39. The average molecular weight is 243 g/mol. The van der Waals surface area contributed by atoms with E-state index in [1.807, 2.05) is 12.3 Å². The fourth-order valence-electron chi connectivity index (χ4n) is 2.04. The third kappa shape index (κ3) is 3.44. The van der Waals surface area contributed by atoms with Crippen LogP contribution < -0.4 is 5.32 Å². The van der Waals surface area contributed by atoms with Crippen LogP contribution in [0.5, 0.6) is 0 Å². The van der Waals surface area contributed by atoms with Gasteiger partial charge in [-0.3, -0.25) is 0 Å². The molecule has 1 aromatic heterocycles. The van der Waals surface area contributed by atoms with Gasteiger partial charge in [-0.2, -0.15) is 0 Å². The van der Waals surface area contributed by atoms with E-state index in [0.29, 0.717) is 5.92 Å². The first-order valence-corrected chi connectivity index (χ1v) is 6.53. The predicted molar refractivity (Wildman–Crippen MR) is 74.5 cm³/mol. The standard InChI is InChI=1S/C15H21N3/c1-13(2)15-17-9-11-18(15)10-8-16-12-14-6-4-3-5-7-14/h3-7,9,11,13,16H,8,10,12H2,1-2H3. The van der Waals surface area contributed by atoms with E-state index in [0.717, 1.165) is 25.5 Å². The Morgan fingerprint density at radius 3 is 2.72 bits per heavy atom. The summed E-state index contributed by atoms with van der Waals surface area (Å²) in [5.41, 5.74) is 1.33. The Kier molecular flexibility index (Phi) is 4.53. The average Bonchev–Trinajstić information content (AvgIpc) is 2.84. The monoisotopic (exact) mass is 243 g/mol. The van der Waals surface area contributed by atoms with E-state index in [-0.39, 0.29) is 0 Å². The van der Waals surface area contributed by atoms with Crippen molar-refractivity contribution in [1.82, 2.24) is 14.9 Å². The summed E-state index contributed by atoms with van der Waals surface area (Å²) in [5, 5.41) is 3.46. The molecule has 0 spiro atoms. The second kappa shape index (κ2) is 6.36. The molecule has 0 aliphatic carbocycles. The summed E-state index contributed by atoms with van der Waals surface area (Å²) < 4.78 is 2.22. The molecule has 0 saturated carbocycles. The molecule has 0 aliphatic heterocycles. The third-order valence-electron chi connectivity index (χ3n) is 2.97. The van der Waals surface area contributed by atoms with E-state index in [9.17, 15) is 0 Å². The van der Waals surface area contributed by atoms with Crippen LogP contribution in [0.25, 0.3) is 0 Å². The molecule has 0 unspecified atom stereocenters. The molecule has 0 atom stereocenters. The molecule has 3 heteroatoms. The van der Waals surface area contributed by atoms with E-state index in [1.54, 1.807) is 0 Å². The fourth-order valence-corrected chi connectivity index (χ4v) is 2.04. The highest BCUT2D eigenvalue weighted by atomic mass is 15.1. The molecule has 1 N–H and O–H groups in total. The Bertz CT molecular complexity index is 460. The molecule has 1 aromatic carbocycles. The molecule has 0 amide bonds. The van der Waals surface area contributed by atoms with Crippen molar-refractivity contribution in [3.05, 3.63) is 54.1 Å². The number of rotatable bonds is 6. The van der Waals surface area contributed by atoms with Gasteiger partial charge >= 0.3 is 0 Å². The minimum Gasteiger partial charge on any atom is -0.333 e. The van der Waals surface area contributed by atoms with Crippen LogP contribution in [0, 0.1) is 0 Å². The van der Waals surface area contributed by atoms with Gasteiger partial charge in [0.2, 0.25) is 0 Å². The van der Waals surface area contributed by atoms with Gasteiger partial charge in [-0.05, 0) is 5.56 Å². The number of nitrogens with one attached hydrogen (secondary N) is 1. The SMILES string of the molecule is CC(C)c1nccn1CCNCc1ccccc1. The van der Waals surface area contributed by atoms with Gasteiger partial charge in [0.1, 0.15) is 5.82 Å². The van der Waals surface area contributed by atoms with Gasteiger partial charge in [0, 0.05) is 37.9 Å². The summed E-state index contributed by atoms with van der Waals surface area (Å²) >= 11 is 0. The topological polar surface area (TPSA) is 29.9 Å². The highest BCUT2D eigenvalue weighted by Crippen LogP contribution is 2.10. The molecule has 0 saturated heterocycles. The van der Waals surface area contributed by atoms with Crippen molar-refractivity contribution in [2.75, 3.05) is 6.54 Å². The zero-order chi connectivity index (χ0) is 12.8. The van der Waals surface area contributed by atoms with Crippen LogP contribution in [-0.2, 0) is 13.1 Å². The van der Waals surface area contributed by atoms with Gasteiger partial charge in [-0.25, -0.2) is 4.98 Å². The van der Waals surface area contributed by atoms with Gasteiger partial charge in [-0.1, -0.05) is 44.2 Å². The lowest BCUT2D eigenvalue weighted by atomic mass is 10.2. The van der Waals surface area contributed by atoms with Gasteiger partial charge < -0.3 is 9.88 Å². The van der Waals surface area contributed by atoms with Gasteiger partial charge in [-0.15, -0.1) is 0 Å². The van der Waals surface area contributed by atoms with E-state index < -0.39 is 0 Å². The van der Waals surface area contributed by atoms with Crippen molar-refractivity contribution in [2.45, 2.75) is 32.9 Å². The molecule has 2 rings (SSSR count). The molecule has 0 bridgehead atoms. The highest BCUT2D eigenvalue weighted by Gasteiger charge is 2.05. The first kappa shape index (κ1) is 12.8. The van der Waals surface area contributed by atoms with Crippen molar-refractivity contribution in [2.24, 2.45) is 0 Å². The Balaban J connectivity index is 1.77. The van der Waals surface area contributed by atoms with Gasteiger partial charge in [0.25, 0.3) is 0 Å². The number of imidazole rings is 1. The molecule has 0 radical (unpaired) electrons. The summed E-state index contributed by atoms with van der Waals surface area (Å²) in [4.78, 5) is 4.39. The number of hydrogen-bond acceptors (Lipinski definition) is 2. The summed E-state index contributed by atoms with van der Waals surface area (Å²) in [6.45, 7) is 7.21. The van der Waals surface area contributed by atoms with Crippen LogP contribution in [0.1, 0.15) is 31.2 Å². The minimum absolute atomic E-state index is 0.481. The van der Waals surface area contributed by atoms with Crippen LogP contribution in [0.3, 0.4) is 0 Å². The van der Waals surface area contributed by atoms with Gasteiger partial charge in [0.15, 0.2) is 0 Å². The molecule has 3 nitrogen and oxygen atoms in total. The first-order valence-electron chi connectivity index (χ1n) is 6.53. The second-order valence-corrected chi connectivity index (χ2v) is 4.80.